The molecule has 1 saturated heterocycles. The van der Waals surface area contributed by atoms with Crippen LogP contribution >= 0.6 is 0 Å². The van der Waals surface area contributed by atoms with E-state index in [0.717, 1.165) is 6.26 Å². The predicted octanol–water partition coefficient (Wildman–Crippen LogP) is 0.148. The molecule has 114 valence electrons. The molecule has 7 nitrogen and oxygen atoms in total. The van der Waals surface area contributed by atoms with E-state index in [9.17, 15) is 18.0 Å². The molecular formula is C13H16N2O5S. The standard InChI is InChI=1S/C13H16N2O5S/c1-21(19,20)14-11-6-7-15(8-11)12(16)9-2-4-10(5-3-9)13(17)18/h2-5,11,14H,6-8H2,1H3,(H,17,18). The van der Waals surface area contributed by atoms with Crippen molar-refractivity contribution in [2.24, 2.45) is 0 Å². The van der Waals surface area contributed by atoms with E-state index in [1.54, 1.807) is 4.90 Å². The average Bonchev–Trinajstić information content (AvgIpc) is 2.84. The first kappa shape index (κ1) is 15.5. The molecule has 1 amide bonds. The van der Waals surface area contributed by atoms with Crippen LogP contribution in [-0.4, -0.2) is 55.7 Å². The first-order valence-electron chi connectivity index (χ1n) is 6.36. The molecule has 1 aromatic rings. The summed E-state index contributed by atoms with van der Waals surface area (Å²) in [5, 5.41) is 8.81. The zero-order valence-electron chi connectivity index (χ0n) is 11.4. The number of nitrogens with one attached hydrogen (secondary N) is 1. The van der Waals surface area contributed by atoms with Crippen LogP contribution in [0.2, 0.25) is 0 Å². The maximum Gasteiger partial charge on any atom is 0.335 e. The van der Waals surface area contributed by atoms with Gasteiger partial charge in [-0.2, -0.15) is 0 Å². The van der Waals surface area contributed by atoms with Crippen molar-refractivity contribution < 1.29 is 23.1 Å². The molecule has 1 unspecified atom stereocenters. The van der Waals surface area contributed by atoms with Gasteiger partial charge in [0.05, 0.1) is 11.8 Å². The van der Waals surface area contributed by atoms with E-state index in [-0.39, 0.29) is 17.5 Å². The van der Waals surface area contributed by atoms with Crippen molar-refractivity contribution in [2.45, 2.75) is 12.5 Å². The summed E-state index contributed by atoms with van der Waals surface area (Å²) in [5.41, 5.74) is 0.504. The van der Waals surface area contributed by atoms with Gasteiger partial charge in [-0.25, -0.2) is 17.9 Å². The molecule has 8 heteroatoms. The number of hydrogen-bond acceptors (Lipinski definition) is 4. The second kappa shape index (κ2) is 5.82. The van der Waals surface area contributed by atoms with E-state index in [0.29, 0.717) is 25.1 Å². The molecule has 0 aliphatic carbocycles. The van der Waals surface area contributed by atoms with Crippen LogP contribution in [0.25, 0.3) is 0 Å². The molecule has 1 aliphatic rings. The van der Waals surface area contributed by atoms with Gasteiger partial charge >= 0.3 is 5.97 Å². The lowest BCUT2D eigenvalue weighted by atomic mass is 10.1. The lowest BCUT2D eigenvalue weighted by Crippen LogP contribution is -2.37. The van der Waals surface area contributed by atoms with Gasteiger partial charge in [0, 0.05) is 24.7 Å². The number of aromatic carboxylic acids is 1. The minimum absolute atomic E-state index is 0.115. The number of carboxylic acid groups (broad SMARTS) is 1. The van der Waals surface area contributed by atoms with E-state index in [1.807, 2.05) is 0 Å². The van der Waals surface area contributed by atoms with Crippen LogP contribution in [0.4, 0.5) is 0 Å². The smallest absolute Gasteiger partial charge is 0.335 e. The van der Waals surface area contributed by atoms with Gasteiger partial charge in [-0.1, -0.05) is 0 Å². The topological polar surface area (TPSA) is 104 Å². The van der Waals surface area contributed by atoms with Crippen molar-refractivity contribution in [2.75, 3.05) is 19.3 Å². The Kier molecular flexibility index (Phi) is 4.29. The van der Waals surface area contributed by atoms with Crippen molar-refractivity contribution >= 4 is 21.9 Å². The summed E-state index contributed by atoms with van der Waals surface area (Å²) < 4.78 is 24.8. The summed E-state index contributed by atoms with van der Waals surface area (Å²) in [5.74, 6) is -1.28. The number of hydrogen-bond donors (Lipinski definition) is 2. The molecule has 2 rings (SSSR count). The SMILES string of the molecule is CS(=O)(=O)NC1CCN(C(=O)c2ccc(C(=O)O)cc2)C1. The molecule has 1 aromatic carbocycles. The van der Waals surface area contributed by atoms with Crippen molar-refractivity contribution in [1.82, 2.24) is 9.62 Å². The predicted molar refractivity (Wildman–Crippen MR) is 75.7 cm³/mol. The summed E-state index contributed by atoms with van der Waals surface area (Å²) in [6, 6.07) is 5.39. The molecule has 21 heavy (non-hydrogen) atoms. The van der Waals surface area contributed by atoms with Gasteiger partial charge in [0.15, 0.2) is 0 Å². The van der Waals surface area contributed by atoms with Crippen molar-refractivity contribution in [3.63, 3.8) is 0 Å². The van der Waals surface area contributed by atoms with Gasteiger partial charge < -0.3 is 10.0 Å². The average molecular weight is 312 g/mol. The molecule has 1 fully saturated rings. The van der Waals surface area contributed by atoms with Crippen LogP contribution in [0, 0.1) is 0 Å². The Hall–Kier alpha value is -1.93. The molecule has 0 bridgehead atoms. The number of benzene rings is 1. The van der Waals surface area contributed by atoms with E-state index < -0.39 is 16.0 Å². The first-order valence-corrected chi connectivity index (χ1v) is 8.25. The molecule has 0 aromatic heterocycles. The fourth-order valence-electron chi connectivity index (χ4n) is 2.28. The third kappa shape index (κ3) is 4.02. The highest BCUT2D eigenvalue weighted by atomic mass is 32.2. The van der Waals surface area contributed by atoms with Crippen molar-refractivity contribution in [3.8, 4) is 0 Å². The van der Waals surface area contributed by atoms with Crippen molar-refractivity contribution in [1.29, 1.82) is 0 Å². The summed E-state index contributed by atoms with van der Waals surface area (Å²) in [6.45, 7) is 0.777. The maximum atomic E-state index is 12.2. The fraction of sp³-hybridized carbons (Fsp3) is 0.385. The minimum atomic E-state index is -3.29. The zero-order chi connectivity index (χ0) is 15.6. The molecule has 0 radical (unpaired) electrons. The third-order valence-corrected chi connectivity index (χ3v) is 4.00. The monoisotopic (exact) mass is 312 g/mol. The number of likely N-dealkylation sites (tertiary alicyclic amines) is 1. The second-order valence-electron chi connectivity index (χ2n) is 5.01. The highest BCUT2D eigenvalue weighted by molar-refractivity contribution is 7.88. The van der Waals surface area contributed by atoms with Crippen LogP contribution in [0.3, 0.4) is 0 Å². The molecule has 1 atom stereocenters. The normalized spacial score (nSPS) is 18.7. The lowest BCUT2D eigenvalue weighted by molar-refractivity contribution is 0.0695. The summed E-state index contributed by atoms with van der Waals surface area (Å²) in [4.78, 5) is 24.5. The van der Waals surface area contributed by atoms with Gasteiger partial charge in [0.1, 0.15) is 0 Å². The highest BCUT2D eigenvalue weighted by Crippen LogP contribution is 2.15. The van der Waals surface area contributed by atoms with Crippen LogP contribution in [-0.2, 0) is 10.0 Å². The van der Waals surface area contributed by atoms with Gasteiger partial charge in [0.2, 0.25) is 10.0 Å². The van der Waals surface area contributed by atoms with Crippen LogP contribution in [0.5, 0.6) is 0 Å². The number of carboxylic acids is 1. The van der Waals surface area contributed by atoms with Gasteiger partial charge in [-0.15, -0.1) is 0 Å². The third-order valence-electron chi connectivity index (χ3n) is 3.24. The lowest BCUT2D eigenvalue weighted by Gasteiger charge is -2.16. The number of nitrogens with zero attached hydrogens (tertiary/aromatic N) is 1. The number of rotatable bonds is 4. The summed E-state index contributed by atoms with van der Waals surface area (Å²) in [7, 11) is -3.29. The molecule has 1 heterocycles. The molecule has 1 aliphatic heterocycles. The van der Waals surface area contributed by atoms with E-state index in [1.165, 1.54) is 24.3 Å². The quantitative estimate of drug-likeness (QED) is 0.823. The Morgan fingerprint density at radius 1 is 1.24 bits per heavy atom. The number of sulfonamides is 1. The number of amides is 1. The van der Waals surface area contributed by atoms with Crippen LogP contribution < -0.4 is 4.72 Å². The van der Waals surface area contributed by atoms with E-state index in [2.05, 4.69) is 4.72 Å². The first-order chi connectivity index (χ1) is 9.76. The maximum absolute atomic E-state index is 12.2. The second-order valence-corrected chi connectivity index (χ2v) is 6.79. The number of carbonyl (C=O) groups is 2. The molecule has 0 spiro atoms. The van der Waals surface area contributed by atoms with Gasteiger partial charge in [-0.05, 0) is 30.7 Å². The Bertz CT molecular complexity index is 654. The Morgan fingerprint density at radius 2 is 1.81 bits per heavy atom. The Labute approximate surface area is 122 Å². The molecule has 2 N–H and O–H groups in total. The van der Waals surface area contributed by atoms with E-state index in [4.69, 9.17) is 5.11 Å². The summed E-state index contributed by atoms with van der Waals surface area (Å²) in [6.07, 6.45) is 1.65. The Balaban J connectivity index is 2.03. The number of carbonyl (C=O) groups excluding carboxylic acids is 1. The highest BCUT2D eigenvalue weighted by Gasteiger charge is 2.28. The zero-order valence-corrected chi connectivity index (χ0v) is 12.3. The largest absolute Gasteiger partial charge is 0.478 e. The Morgan fingerprint density at radius 3 is 2.33 bits per heavy atom. The fourth-order valence-corrected chi connectivity index (χ4v) is 3.08. The van der Waals surface area contributed by atoms with Crippen LogP contribution in [0.1, 0.15) is 27.1 Å². The minimum Gasteiger partial charge on any atom is -0.478 e. The van der Waals surface area contributed by atoms with Gasteiger partial charge in [0.25, 0.3) is 5.91 Å². The van der Waals surface area contributed by atoms with E-state index >= 15 is 0 Å². The molecule has 0 saturated carbocycles. The molecular weight excluding hydrogens is 296 g/mol. The van der Waals surface area contributed by atoms with Gasteiger partial charge in [-0.3, -0.25) is 4.79 Å². The summed E-state index contributed by atoms with van der Waals surface area (Å²) >= 11 is 0. The van der Waals surface area contributed by atoms with Crippen LogP contribution in [0.15, 0.2) is 24.3 Å². The van der Waals surface area contributed by atoms with Crippen molar-refractivity contribution in [3.05, 3.63) is 35.4 Å².